The number of aliphatic hydroxyl groups is 1. The standard InChI is InChI=1S/C13H16Cl6N2O3/c1-6(12(14,15)16)5-8-9(22)21(4)11(24,10(23)20(8)3)7(2)13(17,18)19/h5-7,24H,1-4H3/b8-5-/t6-,7-,11-/m0/s1. The van der Waals surface area contributed by atoms with Gasteiger partial charge in [0, 0.05) is 20.0 Å². The summed E-state index contributed by atoms with van der Waals surface area (Å²) in [5.74, 6) is -3.40. The number of piperazine rings is 1. The van der Waals surface area contributed by atoms with Crippen LogP contribution in [0.1, 0.15) is 13.8 Å². The second kappa shape index (κ2) is 7.18. The number of halogens is 6. The summed E-state index contributed by atoms with van der Waals surface area (Å²) >= 11 is 34.8. The quantitative estimate of drug-likeness (QED) is 0.506. The van der Waals surface area contributed by atoms with Crippen LogP contribution in [0.2, 0.25) is 0 Å². The zero-order chi connectivity index (χ0) is 19.2. The first-order valence-corrected chi connectivity index (χ1v) is 8.97. The Bertz CT molecular complexity index is 571. The van der Waals surface area contributed by atoms with Crippen molar-refractivity contribution in [1.82, 2.24) is 9.80 Å². The van der Waals surface area contributed by atoms with Crippen molar-refractivity contribution in [3.63, 3.8) is 0 Å². The molecule has 0 aromatic rings. The molecule has 0 aliphatic carbocycles. The molecule has 1 heterocycles. The van der Waals surface area contributed by atoms with Crippen molar-refractivity contribution < 1.29 is 14.7 Å². The summed E-state index contributed by atoms with van der Waals surface area (Å²) in [5.41, 5.74) is -2.39. The topological polar surface area (TPSA) is 60.9 Å². The molecule has 3 atom stereocenters. The third-order valence-electron chi connectivity index (χ3n) is 4.03. The van der Waals surface area contributed by atoms with Gasteiger partial charge in [0.2, 0.25) is 5.72 Å². The summed E-state index contributed by atoms with van der Waals surface area (Å²) in [4.78, 5) is 27.1. The second-order valence-corrected chi connectivity index (χ2v) is 10.3. The zero-order valence-electron chi connectivity index (χ0n) is 13.2. The average Bonchev–Trinajstić information content (AvgIpc) is 2.44. The van der Waals surface area contributed by atoms with E-state index in [1.54, 1.807) is 6.92 Å². The first-order chi connectivity index (χ1) is 10.6. The Labute approximate surface area is 170 Å². The summed E-state index contributed by atoms with van der Waals surface area (Å²) in [6.07, 6.45) is 1.34. The van der Waals surface area contributed by atoms with Gasteiger partial charge < -0.3 is 14.9 Å². The number of carbonyl (C=O) groups is 2. The third kappa shape index (κ3) is 4.03. The molecule has 0 aromatic carbocycles. The minimum absolute atomic E-state index is 0.0532. The monoisotopic (exact) mass is 458 g/mol. The van der Waals surface area contributed by atoms with Crippen molar-refractivity contribution in [1.29, 1.82) is 0 Å². The largest absolute Gasteiger partial charge is 0.363 e. The highest BCUT2D eigenvalue weighted by Crippen LogP contribution is 2.45. The number of nitrogens with zero attached hydrogens (tertiary/aromatic N) is 2. The maximum atomic E-state index is 12.7. The summed E-state index contributed by atoms with van der Waals surface area (Å²) < 4.78 is -3.65. The number of allylic oxidation sites excluding steroid dienone is 1. The molecule has 1 aliphatic rings. The van der Waals surface area contributed by atoms with E-state index in [1.165, 1.54) is 27.1 Å². The van der Waals surface area contributed by atoms with Gasteiger partial charge >= 0.3 is 0 Å². The van der Waals surface area contributed by atoms with Crippen LogP contribution in [0.25, 0.3) is 0 Å². The lowest BCUT2D eigenvalue weighted by Crippen LogP contribution is -2.69. The van der Waals surface area contributed by atoms with Gasteiger partial charge in [-0.2, -0.15) is 0 Å². The zero-order valence-corrected chi connectivity index (χ0v) is 17.7. The van der Waals surface area contributed by atoms with Crippen LogP contribution >= 0.6 is 69.6 Å². The number of amides is 2. The number of carbonyl (C=O) groups excluding carboxylic acids is 2. The van der Waals surface area contributed by atoms with Crippen LogP contribution in [-0.2, 0) is 9.59 Å². The molecule has 0 bridgehead atoms. The molecule has 0 radical (unpaired) electrons. The molecular formula is C13H16Cl6N2O3. The van der Waals surface area contributed by atoms with Gasteiger partial charge in [-0.05, 0) is 6.08 Å². The van der Waals surface area contributed by atoms with E-state index < -0.39 is 37.0 Å². The lowest BCUT2D eigenvalue weighted by Gasteiger charge is -2.48. The van der Waals surface area contributed by atoms with Crippen molar-refractivity contribution in [3.05, 3.63) is 11.8 Å². The van der Waals surface area contributed by atoms with Gasteiger partial charge in [-0.25, -0.2) is 0 Å². The Morgan fingerprint density at radius 2 is 1.50 bits per heavy atom. The Morgan fingerprint density at radius 1 is 1.04 bits per heavy atom. The summed E-state index contributed by atoms with van der Waals surface area (Å²) in [6.45, 7) is 2.91. The second-order valence-electron chi connectivity index (χ2n) is 5.60. The number of hydrogen-bond donors (Lipinski definition) is 1. The Hall–Kier alpha value is 0.380. The van der Waals surface area contributed by atoms with Crippen LogP contribution in [0.4, 0.5) is 0 Å². The van der Waals surface area contributed by atoms with Gasteiger partial charge in [0.1, 0.15) is 5.70 Å². The molecule has 2 amide bonds. The van der Waals surface area contributed by atoms with E-state index in [9.17, 15) is 14.7 Å². The van der Waals surface area contributed by atoms with Crippen molar-refractivity contribution >= 4 is 81.4 Å². The molecule has 1 saturated heterocycles. The van der Waals surface area contributed by atoms with Crippen LogP contribution in [0, 0.1) is 11.8 Å². The fourth-order valence-electron chi connectivity index (χ4n) is 2.19. The molecule has 138 valence electrons. The van der Waals surface area contributed by atoms with Crippen molar-refractivity contribution in [2.24, 2.45) is 11.8 Å². The van der Waals surface area contributed by atoms with E-state index >= 15 is 0 Å². The Morgan fingerprint density at radius 3 is 1.88 bits per heavy atom. The van der Waals surface area contributed by atoms with E-state index in [1.807, 2.05) is 0 Å². The highest BCUT2D eigenvalue weighted by atomic mass is 35.6. The maximum absolute atomic E-state index is 12.7. The lowest BCUT2D eigenvalue weighted by molar-refractivity contribution is -0.194. The SMILES string of the molecule is C[C@H](C(Cl)(Cl)Cl)[C@]1(O)C(=O)N(C)/C(=C\[C@H](C)C(Cl)(Cl)Cl)C(=O)N1C. The maximum Gasteiger partial charge on any atom is 0.280 e. The molecular weight excluding hydrogens is 445 g/mol. The molecule has 11 heteroatoms. The normalized spacial score (nSPS) is 27.7. The lowest BCUT2D eigenvalue weighted by atomic mass is 9.92. The van der Waals surface area contributed by atoms with Gasteiger partial charge in [-0.1, -0.05) is 83.5 Å². The summed E-state index contributed by atoms with van der Waals surface area (Å²) in [7, 11) is 2.54. The summed E-state index contributed by atoms with van der Waals surface area (Å²) in [6, 6.07) is 0. The minimum atomic E-state index is -2.34. The van der Waals surface area contributed by atoms with Crippen molar-refractivity contribution in [2.45, 2.75) is 27.2 Å². The van der Waals surface area contributed by atoms with E-state index in [0.29, 0.717) is 0 Å². The molecule has 0 spiro atoms. The first-order valence-electron chi connectivity index (χ1n) is 6.70. The molecule has 5 nitrogen and oxygen atoms in total. The van der Waals surface area contributed by atoms with Gasteiger partial charge in [0.05, 0.1) is 5.92 Å². The van der Waals surface area contributed by atoms with Crippen molar-refractivity contribution in [2.75, 3.05) is 14.1 Å². The van der Waals surface area contributed by atoms with Gasteiger partial charge in [0.15, 0.2) is 7.59 Å². The molecule has 0 saturated carbocycles. The van der Waals surface area contributed by atoms with Crippen LogP contribution in [0.3, 0.4) is 0 Å². The van der Waals surface area contributed by atoms with E-state index in [0.717, 1.165) is 9.80 Å². The van der Waals surface area contributed by atoms with Crippen molar-refractivity contribution in [3.8, 4) is 0 Å². The average molecular weight is 461 g/mol. The molecule has 0 aromatic heterocycles. The van der Waals surface area contributed by atoms with E-state index in [4.69, 9.17) is 69.6 Å². The smallest absolute Gasteiger partial charge is 0.280 e. The molecule has 1 N–H and O–H groups in total. The first kappa shape index (κ1) is 22.4. The van der Waals surface area contributed by atoms with Crippen LogP contribution in [0.5, 0.6) is 0 Å². The van der Waals surface area contributed by atoms with Gasteiger partial charge in [-0.15, -0.1) is 0 Å². The number of hydrogen-bond acceptors (Lipinski definition) is 3. The molecule has 0 unspecified atom stereocenters. The highest BCUT2D eigenvalue weighted by Gasteiger charge is 2.59. The van der Waals surface area contributed by atoms with Gasteiger partial charge in [0.25, 0.3) is 11.8 Å². The van der Waals surface area contributed by atoms with Gasteiger partial charge in [-0.3, -0.25) is 9.59 Å². The molecule has 1 rings (SSSR count). The minimum Gasteiger partial charge on any atom is -0.363 e. The van der Waals surface area contributed by atoms with E-state index in [-0.39, 0.29) is 5.70 Å². The number of alkyl halides is 6. The molecule has 1 aliphatic heterocycles. The predicted molar refractivity (Wildman–Crippen MR) is 97.5 cm³/mol. The highest BCUT2D eigenvalue weighted by molar-refractivity contribution is 6.68. The fourth-order valence-corrected chi connectivity index (χ4v) is 2.83. The summed E-state index contributed by atoms with van der Waals surface area (Å²) in [5, 5.41) is 10.8. The van der Waals surface area contributed by atoms with E-state index in [2.05, 4.69) is 0 Å². The fraction of sp³-hybridized carbons (Fsp3) is 0.692. The van der Waals surface area contributed by atoms with Crippen LogP contribution < -0.4 is 0 Å². The predicted octanol–water partition coefficient (Wildman–Crippen LogP) is 3.50. The Balaban J connectivity index is 3.37. The van der Waals surface area contributed by atoms with Crippen LogP contribution in [-0.4, -0.2) is 54.1 Å². The van der Waals surface area contributed by atoms with Crippen LogP contribution in [0.15, 0.2) is 11.8 Å². The molecule has 24 heavy (non-hydrogen) atoms. The number of rotatable bonds is 2. The third-order valence-corrected chi connectivity index (χ3v) is 6.05. The molecule has 1 fully saturated rings. The number of likely N-dealkylation sites (N-methyl/N-ethyl adjacent to an activating group) is 2. The Kier molecular flexibility index (Phi) is 6.71.